The zero-order chi connectivity index (χ0) is 39.2. The number of nitrogens with zero attached hydrogens (tertiary/aromatic N) is 1. The van der Waals surface area contributed by atoms with Crippen molar-refractivity contribution in [3.05, 3.63) is 187 Å². The quantitative estimate of drug-likeness (QED) is 0.161. The summed E-state index contributed by atoms with van der Waals surface area (Å²) in [6, 6.07) is 64.9. The van der Waals surface area contributed by atoms with Crippen molar-refractivity contribution in [2.75, 3.05) is 4.90 Å². The molecule has 58 heavy (non-hydrogen) atoms. The number of fused-ring (bicyclic) bond motifs is 4. The van der Waals surface area contributed by atoms with Crippen LogP contribution in [0.2, 0.25) is 0 Å². The van der Waals surface area contributed by atoms with Gasteiger partial charge in [0, 0.05) is 27.5 Å². The predicted octanol–water partition coefficient (Wildman–Crippen LogP) is 16.6. The second-order valence-corrected chi connectivity index (χ2v) is 17.1. The number of para-hydroxylation sites is 3. The van der Waals surface area contributed by atoms with Crippen LogP contribution in [-0.2, 0) is 5.41 Å². The van der Waals surface area contributed by atoms with E-state index < -0.39 is 0 Å². The third-order valence-electron chi connectivity index (χ3n) is 12.4. The summed E-state index contributed by atoms with van der Waals surface area (Å²) in [5.74, 6) is 0.573. The fourth-order valence-corrected chi connectivity index (χ4v) is 9.49. The summed E-state index contributed by atoms with van der Waals surface area (Å²) in [6.07, 6.45) is 6.45. The minimum atomic E-state index is -0.0640. The molecule has 0 bridgehead atoms. The highest BCUT2D eigenvalue weighted by Gasteiger charge is 2.27. The van der Waals surface area contributed by atoms with Gasteiger partial charge in [0.2, 0.25) is 0 Å². The van der Waals surface area contributed by atoms with Gasteiger partial charge < -0.3 is 9.32 Å². The molecule has 0 N–H and O–H groups in total. The minimum absolute atomic E-state index is 0.0640. The lowest BCUT2D eigenvalue weighted by Crippen LogP contribution is -2.17. The molecule has 0 amide bonds. The zero-order valence-electron chi connectivity index (χ0n) is 33.7. The molecule has 9 aromatic rings. The van der Waals surface area contributed by atoms with Gasteiger partial charge in [-0.3, -0.25) is 0 Å². The van der Waals surface area contributed by atoms with Gasteiger partial charge in [-0.15, -0.1) is 0 Å². The highest BCUT2D eigenvalue weighted by Crippen LogP contribution is 2.50. The topological polar surface area (TPSA) is 16.4 Å². The van der Waals surface area contributed by atoms with Gasteiger partial charge >= 0.3 is 0 Å². The van der Waals surface area contributed by atoms with Crippen molar-refractivity contribution in [3.63, 3.8) is 0 Å². The molecule has 0 saturated heterocycles. The lowest BCUT2D eigenvalue weighted by molar-refractivity contribution is 0.445. The van der Waals surface area contributed by atoms with Gasteiger partial charge in [-0.2, -0.15) is 0 Å². The fraction of sp³-hybridized carbons (Fsp3) is 0.179. The first kappa shape index (κ1) is 36.0. The van der Waals surface area contributed by atoms with Gasteiger partial charge in [-0.1, -0.05) is 180 Å². The summed E-state index contributed by atoms with van der Waals surface area (Å²) >= 11 is 0. The molecule has 0 spiro atoms. The smallest absolute Gasteiger partial charge is 0.136 e. The van der Waals surface area contributed by atoms with E-state index in [9.17, 15) is 0 Å². The van der Waals surface area contributed by atoms with Crippen LogP contribution in [0.25, 0.3) is 66.1 Å². The van der Waals surface area contributed by atoms with E-state index in [0.29, 0.717) is 5.92 Å². The van der Waals surface area contributed by atoms with Gasteiger partial charge in [0.25, 0.3) is 0 Å². The maximum absolute atomic E-state index is 6.48. The third-order valence-corrected chi connectivity index (χ3v) is 12.4. The number of anilines is 3. The van der Waals surface area contributed by atoms with Crippen LogP contribution >= 0.6 is 0 Å². The van der Waals surface area contributed by atoms with Crippen LogP contribution in [0, 0.1) is 0 Å². The largest absolute Gasteiger partial charge is 0.456 e. The molecule has 284 valence electrons. The van der Waals surface area contributed by atoms with Crippen molar-refractivity contribution >= 4 is 49.8 Å². The second kappa shape index (κ2) is 14.8. The first-order valence-electron chi connectivity index (χ1n) is 21.0. The molecule has 0 radical (unpaired) electrons. The van der Waals surface area contributed by atoms with Crippen LogP contribution in [-0.4, -0.2) is 0 Å². The normalized spacial score (nSPS) is 13.7. The average Bonchev–Trinajstić information content (AvgIpc) is 3.65. The molecule has 1 aromatic heterocycles. The van der Waals surface area contributed by atoms with Crippen LogP contribution in [0.1, 0.15) is 69.9 Å². The first-order chi connectivity index (χ1) is 28.4. The summed E-state index contributed by atoms with van der Waals surface area (Å²) < 4.78 is 6.48. The van der Waals surface area contributed by atoms with Crippen molar-refractivity contribution in [1.29, 1.82) is 0 Å². The standard InChI is InChI=1S/C56H49NO/c1-56(2,3)42-33-35-44(38-18-6-4-7-19-38)52(37-42)57(50-29-13-10-24-43(50)41-32-34-48-47-26-12-15-31-53(47)58-54(48)36-41)51-30-14-11-25-46(51)49-28-17-23-40-22-16-27-45(55(40)49)39-20-8-5-9-21-39/h4,6-7,10-19,22-37,39H,5,8-9,20-21H2,1-3H3. The Bertz CT molecular complexity index is 2920. The number of hydrogen-bond acceptors (Lipinski definition) is 2. The number of hydrogen-bond donors (Lipinski definition) is 0. The third kappa shape index (κ3) is 6.47. The SMILES string of the molecule is CC(C)(C)c1ccc(-c2ccccc2)c(N(c2ccccc2-c2ccc3c(c2)oc2ccccc23)c2ccccc2-c2cccc3cccc(C4CCCCC4)c23)c1. The molecule has 1 heterocycles. The van der Waals surface area contributed by atoms with Crippen LogP contribution in [0.15, 0.2) is 180 Å². The summed E-state index contributed by atoms with van der Waals surface area (Å²) in [6.45, 7) is 6.93. The summed E-state index contributed by atoms with van der Waals surface area (Å²) in [7, 11) is 0. The van der Waals surface area contributed by atoms with Gasteiger partial charge in [0.1, 0.15) is 11.2 Å². The molecule has 0 aliphatic heterocycles. The lowest BCUT2D eigenvalue weighted by atomic mass is 9.80. The zero-order valence-corrected chi connectivity index (χ0v) is 33.7. The Hall–Kier alpha value is -6.38. The van der Waals surface area contributed by atoms with Crippen molar-refractivity contribution in [2.24, 2.45) is 0 Å². The molecule has 2 heteroatoms. The van der Waals surface area contributed by atoms with E-state index in [1.165, 1.54) is 76.3 Å². The number of furan rings is 1. The maximum atomic E-state index is 6.48. The van der Waals surface area contributed by atoms with E-state index in [0.717, 1.165) is 50.1 Å². The Kier molecular flexibility index (Phi) is 9.21. The fourth-order valence-electron chi connectivity index (χ4n) is 9.49. The molecular formula is C56H49NO. The average molecular weight is 752 g/mol. The molecular weight excluding hydrogens is 703 g/mol. The molecule has 10 rings (SSSR count). The van der Waals surface area contributed by atoms with Crippen LogP contribution < -0.4 is 4.90 Å². The molecule has 1 aliphatic carbocycles. The minimum Gasteiger partial charge on any atom is -0.456 e. The van der Waals surface area contributed by atoms with Gasteiger partial charge in [-0.25, -0.2) is 0 Å². The summed E-state index contributed by atoms with van der Waals surface area (Å²) in [5.41, 5.74) is 15.1. The number of rotatable bonds is 7. The Labute approximate surface area is 342 Å². The molecule has 1 saturated carbocycles. The van der Waals surface area contributed by atoms with Crippen molar-refractivity contribution in [2.45, 2.75) is 64.2 Å². The van der Waals surface area contributed by atoms with Crippen molar-refractivity contribution in [1.82, 2.24) is 0 Å². The van der Waals surface area contributed by atoms with E-state index in [2.05, 4.69) is 196 Å². The van der Waals surface area contributed by atoms with E-state index in [-0.39, 0.29) is 5.41 Å². The Morgan fingerprint density at radius 2 is 1.10 bits per heavy atom. The van der Waals surface area contributed by atoms with Crippen LogP contribution in [0.4, 0.5) is 17.1 Å². The summed E-state index contributed by atoms with van der Waals surface area (Å²) in [5, 5.41) is 4.97. The van der Waals surface area contributed by atoms with E-state index in [1.54, 1.807) is 0 Å². The van der Waals surface area contributed by atoms with E-state index in [1.807, 2.05) is 6.07 Å². The Morgan fingerprint density at radius 3 is 1.90 bits per heavy atom. The van der Waals surface area contributed by atoms with Crippen molar-refractivity contribution < 1.29 is 4.42 Å². The van der Waals surface area contributed by atoms with Crippen molar-refractivity contribution in [3.8, 4) is 33.4 Å². The second-order valence-electron chi connectivity index (χ2n) is 17.1. The van der Waals surface area contributed by atoms with Gasteiger partial charge in [0.15, 0.2) is 0 Å². The molecule has 2 nitrogen and oxygen atoms in total. The Morgan fingerprint density at radius 1 is 0.466 bits per heavy atom. The predicted molar refractivity (Wildman–Crippen MR) is 247 cm³/mol. The van der Waals surface area contributed by atoms with Gasteiger partial charge in [0.05, 0.1) is 17.1 Å². The number of benzene rings is 8. The Balaban J connectivity index is 1.27. The monoisotopic (exact) mass is 751 g/mol. The molecule has 1 fully saturated rings. The highest BCUT2D eigenvalue weighted by atomic mass is 16.3. The summed E-state index contributed by atoms with van der Waals surface area (Å²) in [4.78, 5) is 2.55. The van der Waals surface area contributed by atoms with Crippen LogP contribution in [0.3, 0.4) is 0 Å². The van der Waals surface area contributed by atoms with E-state index in [4.69, 9.17) is 4.42 Å². The maximum Gasteiger partial charge on any atom is 0.136 e. The molecule has 0 atom stereocenters. The lowest BCUT2D eigenvalue weighted by Gasteiger charge is -2.33. The molecule has 0 unspecified atom stereocenters. The van der Waals surface area contributed by atoms with Gasteiger partial charge in [-0.05, 0) is 99.2 Å². The highest BCUT2D eigenvalue weighted by molar-refractivity contribution is 6.08. The van der Waals surface area contributed by atoms with E-state index >= 15 is 0 Å². The molecule has 8 aromatic carbocycles. The first-order valence-corrected chi connectivity index (χ1v) is 21.0. The van der Waals surface area contributed by atoms with Crippen LogP contribution in [0.5, 0.6) is 0 Å². The molecule has 1 aliphatic rings.